The lowest BCUT2D eigenvalue weighted by atomic mass is 10.2. The summed E-state index contributed by atoms with van der Waals surface area (Å²) in [5.74, 6) is 1.94. The monoisotopic (exact) mass is 251 g/mol. The van der Waals surface area contributed by atoms with Crippen molar-refractivity contribution in [3.63, 3.8) is 0 Å². The molecule has 0 saturated heterocycles. The number of ether oxygens (including phenoxy) is 1. The Bertz CT molecular complexity index is 478. The molecule has 2 rings (SSSR count). The minimum absolute atomic E-state index is 0.124. The Hall–Kier alpha value is -1.33. The average molecular weight is 251 g/mol. The maximum atomic E-state index is 5.22. The second-order valence-corrected chi connectivity index (χ2v) is 4.62. The van der Waals surface area contributed by atoms with Gasteiger partial charge in [-0.2, -0.15) is 0 Å². The number of imidazole rings is 1. The van der Waals surface area contributed by atoms with Crippen LogP contribution in [0.25, 0.3) is 0 Å². The SMILES string of the molecule is CCn1ccnc1C(NC)c1cc(OC)cs1. The quantitative estimate of drug-likeness (QED) is 0.886. The minimum Gasteiger partial charge on any atom is -0.496 e. The van der Waals surface area contributed by atoms with E-state index in [0.29, 0.717) is 0 Å². The Morgan fingerprint density at radius 1 is 1.59 bits per heavy atom. The van der Waals surface area contributed by atoms with Crippen molar-refractivity contribution >= 4 is 11.3 Å². The van der Waals surface area contributed by atoms with Crippen LogP contribution in [0.15, 0.2) is 23.8 Å². The number of methoxy groups -OCH3 is 1. The zero-order valence-corrected chi connectivity index (χ0v) is 11.1. The van der Waals surface area contributed by atoms with Crippen molar-refractivity contribution in [1.82, 2.24) is 14.9 Å². The minimum atomic E-state index is 0.124. The number of nitrogens with zero attached hydrogens (tertiary/aromatic N) is 2. The average Bonchev–Trinajstić information content (AvgIpc) is 2.99. The molecule has 0 aliphatic rings. The number of hydrogen-bond acceptors (Lipinski definition) is 4. The van der Waals surface area contributed by atoms with Gasteiger partial charge in [0.05, 0.1) is 7.11 Å². The molecule has 0 spiro atoms. The van der Waals surface area contributed by atoms with E-state index >= 15 is 0 Å². The van der Waals surface area contributed by atoms with Crippen LogP contribution in [0.1, 0.15) is 23.7 Å². The Morgan fingerprint density at radius 2 is 2.41 bits per heavy atom. The van der Waals surface area contributed by atoms with Gasteiger partial charge in [0.2, 0.25) is 0 Å². The van der Waals surface area contributed by atoms with Gasteiger partial charge in [-0.3, -0.25) is 0 Å². The fourth-order valence-electron chi connectivity index (χ4n) is 1.84. The molecule has 4 nitrogen and oxygen atoms in total. The highest BCUT2D eigenvalue weighted by molar-refractivity contribution is 7.10. The molecule has 2 aromatic heterocycles. The maximum Gasteiger partial charge on any atom is 0.131 e. The van der Waals surface area contributed by atoms with Crippen LogP contribution in [0, 0.1) is 0 Å². The number of aryl methyl sites for hydroxylation is 1. The summed E-state index contributed by atoms with van der Waals surface area (Å²) in [5, 5.41) is 5.32. The number of nitrogens with one attached hydrogen (secondary N) is 1. The zero-order chi connectivity index (χ0) is 12.3. The van der Waals surface area contributed by atoms with Gasteiger partial charge in [-0.15, -0.1) is 11.3 Å². The van der Waals surface area contributed by atoms with Crippen LogP contribution in [0.4, 0.5) is 0 Å². The van der Waals surface area contributed by atoms with Crippen molar-refractivity contribution in [2.45, 2.75) is 19.5 Å². The molecule has 0 aliphatic carbocycles. The van der Waals surface area contributed by atoms with E-state index in [2.05, 4.69) is 27.9 Å². The number of hydrogen-bond donors (Lipinski definition) is 1. The third-order valence-corrected chi connectivity index (χ3v) is 3.73. The maximum absolute atomic E-state index is 5.22. The topological polar surface area (TPSA) is 39.1 Å². The molecule has 2 aromatic rings. The molecule has 92 valence electrons. The number of aromatic nitrogens is 2. The van der Waals surface area contributed by atoms with Crippen LogP contribution >= 0.6 is 11.3 Å². The van der Waals surface area contributed by atoms with Crippen LogP contribution in [0.3, 0.4) is 0 Å². The Balaban J connectivity index is 2.33. The van der Waals surface area contributed by atoms with Crippen LogP contribution < -0.4 is 10.1 Å². The third kappa shape index (κ3) is 2.35. The predicted octanol–water partition coefficient (Wildman–Crippen LogP) is 2.28. The van der Waals surface area contributed by atoms with Crippen molar-refractivity contribution in [3.05, 3.63) is 34.5 Å². The summed E-state index contributed by atoms with van der Waals surface area (Å²) in [7, 11) is 3.64. The molecular weight excluding hydrogens is 234 g/mol. The normalized spacial score (nSPS) is 12.6. The molecule has 1 unspecified atom stereocenters. The van der Waals surface area contributed by atoms with Gasteiger partial charge < -0.3 is 14.6 Å². The predicted molar refractivity (Wildman–Crippen MR) is 69.7 cm³/mol. The van der Waals surface area contributed by atoms with E-state index in [1.807, 2.05) is 24.8 Å². The molecule has 1 N–H and O–H groups in total. The second kappa shape index (κ2) is 5.33. The molecule has 0 radical (unpaired) electrons. The van der Waals surface area contributed by atoms with E-state index in [0.717, 1.165) is 18.1 Å². The lowest BCUT2D eigenvalue weighted by molar-refractivity contribution is 0.416. The van der Waals surface area contributed by atoms with E-state index in [4.69, 9.17) is 4.74 Å². The lowest BCUT2D eigenvalue weighted by Gasteiger charge is -2.15. The molecule has 17 heavy (non-hydrogen) atoms. The van der Waals surface area contributed by atoms with Gasteiger partial charge in [0, 0.05) is 29.2 Å². The van der Waals surface area contributed by atoms with Crippen LogP contribution in [0.2, 0.25) is 0 Å². The van der Waals surface area contributed by atoms with Crippen molar-refractivity contribution in [2.24, 2.45) is 0 Å². The summed E-state index contributed by atoms with van der Waals surface area (Å²) in [6.45, 7) is 3.04. The van der Waals surface area contributed by atoms with Gasteiger partial charge in [0.25, 0.3) is 0 Å². The van der Waals surface area contributed by atoms with Gasteiger partial charge in [0.1, 0.15) is 17.6 Å². The molecule has 1 atom stereocenters. The summed E-state index contributed by atoms with van der Waals surface area (Å²) in [5.41, 5.74) is 0. The van der Waals surface area contributed by atoms with Gasteiger partial charge in [-0.1, -0.05) is 0 Å². The van der Waals surface area contributed by atoms with Gasteiger partial charge in [-0.05, 0) is 20.0 Å². The number of thiophene rings is 1. The van der Waals surface area contributed by atoms with Gasteiger partial charge in [0.15, 0.2) is 0 Å². The fourth-order valence-corrected chi connectivity index (χ4v) is 2.80. The molecule has 0 saturated carbocycles. The summed E-state index contributed by atoms with van der Waals surface area (Å²) < 4.78 is 7.37. The van der Waals surface area contributed by atoms with Gasteiger partial charge in [-0.25, -0.2) is 4.98 Å². The largest absolute Gasteiger partial charge is 0.496 e. The third-order valence-electron chi connectivity index (χ3n) is 2.75. The lowest BCUT2D eigenvalue weighted by Crippen LogP contribution is -2.20. The fraction of sp³-hybridized carbons (Fsp3) is 0.417. The number of rotatable bonds is 5. The van der Waals surface area contributed by atoms with Crippen molar-refractivity contribution in [3.8, 4) is 5.75 Å². The van der Waals surface area contributed by atoms with Crippen LogP contribution in [0.5, 0.6) is 5.75 Å². The summed E-state index contributed by atoms with van der Waals surface area (Å²) in [6, 6.07) is 2.18. The van der Waals surface area contributed by atoms with E-state index < -0.39 is 0 Å². The first-order chi connectivity index (χ1) is 8.30. The highest BCUT2D eigenvalue weighted by Gasteiger charge is 2.18. The molecule has 5 heteroatoms. The van der Waals surface area contributed by atoms with Gasteiger partial charge >= 0.3 is 0 Å². The van der Waals surface area contributed by atoms with E-state index in [-0.39, 0.29) is 6.04 Å². The standard InChI is InChI=1S/C12H17N3OS/c1-4-15-6-5-14-12(15)11(13-2)10-7-9(16-3)8-17-10/h5-8,11,13H,4H2,1-3H3. The first-order valence-electron chi connectivity index (χ1n) is 5.60. The highest BCUT2D eigenvalue weighted by Crippen LogP contribution is 2.30. The first kappa shape index (κ1) is 12.1. The Labute approximate surface area is 105 Å². The summed E-state index contributed by atoms with van der Waals surface area (Å²) in [6.07, 6.45) is 3.85. The molecule has 0 aromatic carbocycles. The van der Waals surface area contributed by atoms with Crippen molar-refractivity contribution in [1.29, 1.82) is 0 Å². The van der Waals surface area contributed by atoms with Crippen LogP contribution in [-0.2, 0) is 6.54 Å². The summed E-state index contributed by atoms with van der Waals surface area (Å²) >= 11 is 1.68. The van der Waals surface area contributed by atoms with Crippen molar-refractivity contribution in [2.75, 3.05) is 14.2 Å². The Morgan fingerprint density at radius 3 is 3.00 bits per heavy atom. The van der Waals surface area contributed by atoms with E-state index in [9.17, 15) is 0 Å². The van der Waals surface area contributed by atoms with Crippen molar-refractivity contribution < 1.29 is 4.74 Å². The van der Waals surface area contributed by atoms with Crippen LogP contribution in [-0.4, -0.2) is 23.7 Å². The highest BCUT2D eigenvalue weighted by atomic mass is 32.1. The first-order valence-corrected chi connectivity index (χ1v) is 6.48. The summed E-state index contributed by atoms with van der Waals surface area (Å²) in [4.78, 5) is 5.65. The second-order valence-electron chi connectivity index (χ2n) is 3.68. The smallest absolute Gasteiger partial charge is 0.131 e. The molecule has 0 aliphatic heterocycles. The zero-order valence-electron chi connectivity index (χ0n) is 10.3. The molecular formula is C12H17N3OS. The molecule has 0 bridgehead atoms. The molecule has 0 fully saturated rings. The Kier molecular flexibility index (Phi) is 3.81. The molecule has 0 amide bonds. The molecule has 2 heterocycles. The van der Waals surface area contributed by atoms with E-state index in [1.54, 1.807) is 18.4 Å². The van der Waals surface area contributed by atoms with E-state index in [1.165, 1.54) is 4.88 Å².